The minimum atomic E-state index is -0.572. The van der Waals surface area contributed by atoms with E-state index in [1.807, 2.05) is 31.2 Å². The van der Waals surface area contributed by atoms with Gasteiger partial charge in [-0.15, -0.1) is 11.3 Å². The van der Waals surface area contributed by atoms with Crippen LogP contribution in [-0.2, 0) is 19.0 Å². The predicted octanol–water partition coefficient (Wildman–Crippen LogP) is 4.10. The molecule has 1 aromatic heterocycles. The van der Waals surface area contributed by atoms with E-state index in [0.717, 1.165) is 15.0 Å². The molecule has 0 spiro atoms. The first-order chi connectivity index (χ1) is 14.4. The molecule has 0 saturated heterocycles. The largest absolute Gasteiger partial charge is 0.463 e. The molecule has 0 bridgehead atoms. The van der Waals surface area contributed by atoms with Gasteiger partial charge in [-0.2, -0.15) is 0 Å². The van der Waals surface area contributed by atoms with E-state index in [-0.39, 0.29) is 30.2 Å². The minimum Gasteiger partial charge on any atom is -0.463 e. The molecule has 1 heterocycles. The van der Waals surface area contributed by atoms with Crippen molar-refractivity contribution in [3.8, 4) is 0 Å². The molecule has 6 nitrogen and oxygen atoms in total. The van der Waals surface area contributed by atoms with Crippen LogP contribution < -0.4 is 5.43 Å². The maximum absolute atomic E-state index is 13.1. The van der Waals surface area contributed by atoms with Crippen molar-refractivity contribution < 1.29 is 23.8 Å². The zero-order valence-corrected chi connectivity index (χ0v) is 18.0. The van der Waals surface area contributed by atoms with Crippen molar-refractivity contribution in [3.05, 3.63) is 57.7 Å². The summed E-state index contributed by atoms with van der Waals surface area (Å²) in [5.41, 5.74) is 1.05. The van der Waals surface area contributed by atoms with Crippen LogP contribution >= 0.6 is 11.3 Å². The Morgan fingerprint density at radius 3 is 2.60 bits per heavy atom. The maximum Gasteiger partial charge on any atom is 0.338 e. The standard InChI is InChI=1S/C23H24O6S/c1-14-7-8-18-17(13-14)21(24)20-16(5-4-6-19(20)30-18)23(26)28-10-9-15(2)22(25)29-12-11-27-3/h4-8,13,15H,9-12H2,1-3H3. The van der Waals surface area contributed by atoms with E-state index in [1.54, 1.807) is 19.1 Å². The Morgan fingerprint density at radius 2 is 1.83 bits per heavy atom. The van der Waals surface area contributed by atoms with Crippen molar-refractivity contribution in [2.24, 2.45) is 5.92 Å². The summed E-state index contributed by atoms with van der Waals surface area (Å²) in [6.45, 7) is 4.22. The molecule has 3 rings (SSSR count). The van der Waals surface area contributed by atoms with E-state index in [4.69, 9.17) is 14.2 Å². The molecule has 0 fully saturated rings. The third kappa shape index (κ3) is 4.86. The molecular weight excluding hydrogens is 404 g/mol. The third-order valence-electron chi connectivity index (χ3n) is 4.79. The van der Waals surface area contributed by atoms with Gasteiger partial charge in [-0.25, -0.2) is 4.79 Å². The summed E-state index contributed by atoms with van der Waals surface area (Å²) >= 11 is 1.47. The van der Waals surface area contributed by atoms with Gasteiger partial charge in [0.05, 0.1) is 30.1 Å². The van der Waals surface area contributed by atoms with Crippen molar-refractivity contribution in [1.82, 2.24) is 0 Å². The number of carbonyl (C=O) groups excluding carboxylic acids is 2. The van der Waals surface area contributed by atoms with Crippen LogP contribution in [0.3, 0.4) is 0 Å². The predicted molar refractivity (Wildman–Crippen MR) is 117 cm³/mol. The quantitative estimate of drug-likeness (QED) is 0.305. The fourth-order valence-electron chi connectivity index (χ4n) is 3.08. The van der Waals surface area contributed by atoms with Crippen LogP contribution in [0.25, 0.3) is 20.2 Å². The first kappa shape index (κ1) is 21.9. The van der Waals surface area contributed by atoms with Crippen molar-refractivity contribution in [1.29, 1.82) is 0 Å². The zero-order valence-electron chi connectivity index (χ0n) is 17.2. The van der Waals surface area contributed by atoms with Gasteiger partial charge in [-0.3, -0.25) is 9.59 Å². The number of hydrogen-bond acceptors (Lipinski definition) is 7. The molecule has 0 aliphatic rings. The van der Waals surface area contributed by atoms with E-state index in [9.17, 15) is 14.4 Å². The van der Waals surface area contributed by atoms with Crippen LogP contribution in [0.1, 0.15) is 29.3 Å². The van der Waals surface area contributed by atoms with Gasteiger partial charge in [-0.1, -0.05) is 24.6 Å². The molecule has 2 aromatic carbocycles. The number of methoxy groups -OCH3 is 1. The lowest BCUT2D eigenvalue weighted by molar-refractivity contribution is -0.149. The average molecular weight is 429 g/mol. The molecule has 30 heavy (non-hydrogen) atoms. The SMILES string of the molecule is COCCOC(=O)C(C)CCOC(=O)c1cccc2sc3ccc(C)cc3c(=O)c12. The Bertz CT molecular complexity index is 1130. The van der Waals surface area contributed by atoms with Crippen LogP contribution in [-0.4, -0.2) is 38.9 Å². The first-order valence-electron chi connectivity index (χ1n) is 9.71. The van der Waals surface area contributed by atoms with Gasteiger partial charge < -0.3 is 14.2 Å². The second kappa shape index (κ2) is 9.82. The second-order valence-corrected chi connectivity index (χ2v) is 8.18. The Kier molecular flexibility index (Phi) is 7.18. The van der Waals surface area contributed by atoms with Crippen LogP contribution in [0.5, 0.6) is 0 Å². The normalized spacial score (nSPS) is 12.1. The number of aryl methyl sites for hydroxylation is 1. The lowest BCUT2D eigenvalue weighted by Gasteiger charge is -2.12. The van der Waals surface area contributed by atoms with E-state index < -0.39 is 11.9 Å². The van der Waals surface area contributed by atoms with E-state index in [2.05, 4.69) is 0 Å². The van der Waals surface area contributed by atoms with Crippen molar-refractivity contribution in [2.45, 2.75) is 20.3 Å². The summed E-state index contributed by atoms with van der Waals surface area (Å²) < 4.78 is 16.9. The number of fused-ring (bicyclic) bond motifs is 2. The summed E-state index contributed by atoms with van der Waals surface area (Å²) in [5, 5.41) is 0.970. The highest BCUT2D eigenvalue weighted by Crippen LogP contribution is 2.27. The lowest BCUT2D eigenvalue weighted by Crippen LogP contribution is -2.20. The van der Waals surface area contributed by atoms with Crippen molar-refractivity contribution in [3.63, 3.8) is 0 Å². The van der Waals surface area contributed by atoms with Crippen LogP contribution in [0.4, 0.5) is 0 Å². The molecule has 1 unspecified atom stereocenters. The van der Waals surface area contributed by atoms with Crippen LogP contribution in [0, 0.1) is 12.8 Å². The number of hydrogen-bond donors (Lipinski definition) is 0. The molecule has 158 valence electrons. The zero-order chi connectivity index (χ0) is 21.7. The summed E-state index contributed by atoms with van der Waals surface area (Å²) in [4.78, 5) is 37.7. The molecule has 0 aliphatic heterocycles. The topological polar surface area (TPSA) is 78.9 Å². The highest BCUT2D eigenvalue weighted by Gasteiger charge is 2.19. The minimum absolute atomic E-state index is 0.0556. The lowest BCUT2D eigenvalue weighted by atomic mass is 10.1. The molecule has 0 saturated carbocycles. The average Bonchev–Trinajstić information content (AvgIpc) is 2.73. The summed E-state index contributed by atoms with van der Waals surface area (Å²) in [5.74, 6) is -1.35. The van der Waals surface area contributed by atoms with Gasteiger partial charge in [0.2, 0.25) is 0 Å². The Balaban J connectivity index is 1.75. The smallest absolute Gasteiger partial charge is 0.338 e. The van der Waals surface area contributed by atoms with E-state index >= 15 is 0 Å². The fourth-order valence-corrected chi connectivity index (χ4v) is 4.16. The molecule has 0 N–H and O–H groups in total. The summed E-state index contributed by atoms with van der Waals surface area (Å²) in [7, 11) is 1.53. The molecule has 1 atom stereocenters. The van der Waals surface area contributed by atoms with Gasteiger partial charge in [0.1, 0.15) is 6.61 Å². The van der Waals surface area contributed by atoms with Gasteiger partial charge in [0.25, 0.3) is 0 Å². The molecule has 0 aliphatic carbocycles. The van der Waals surface area contributed by atoms with Crippen LogP contribution in [0.2, 0.25) is 0 Å². The maximum atomic E-state index is 13.1. The number of carbonyl (C=O) groups is 2. The molecule has 3 aromatic rings. The van der Waals surface area contributed by atoms with E-state index in [0.29, 0.717) is 23.8 Å². The van der Waals surface area contributed by atoms with Gasteiger partial charge in [0.15, 0.2) is 5.43 Å². The van der Waals surface area contributed by atoms with Crippen LogP contribution in [0.15, 0.2) is 41.2 Å². The number of benzene rings is 2. The molecule has 0 radical (unpaired) electrons. The third-order valence-corrected chi connectivity index (χ3v) is 5.93. The highest BCUT2D eigenvalue weighted by atomic mass is 32.1. The van der Waals surface area contributed by atoms with Crippen molar-refractivity contribution >= 4 is 43.4 Å². The Labute approximate surface area is 178 Å². The first-order valence-corrected chi connectivity index (χ1v) is 10.5. The highest BCUT2D eigenvalue weighted by molar-refractivity contribution is 7.24. The fraction of sp³-hybridized carbons (Fsp3) is 0.348. The number of esters is 2. The second-order valence-electron chi connectivity index (χ2n) is 7.10. The Hall–Kier alpha value is -2.77. The van der Waals surface area contributed by atoms with Gasteiger partial charge in [-0.05, 0) is 37.6 Å². The van der Waals surface area contributed by atoms with E-state index in [1.165, 1.54) is 18.4 Å². The summed E-state index contributed by atoms with van der Waals surface area (Å²) in [6.07, 6.45) is 0.331. The number of rotatable bonds is 8. The van der Waals surface area contributed by atoms with Gasteiger partial charge >= 0.3 is 11.9 Å². The monoisotopic (exact) mass is 428 g/mol. The Morgan fingerprint density at radius 1 is 1.03 bits per heavy atom. The number of ether oxygens (including phenoxy) is 3. The molecule has 7 heteroatoms. The summed E-state index contributed by atoms with van der Waals surface area (Å²) in [6, 6.07) is 10.9. The van der Waals surface area contributed by atoms with Gasteiger partial charge in [0, 0.05) is 21.9 Å². The molecular formula is C23H24O6S. The molecule has 0 amide bonds. The van der Waals surface area contributed by atoms with Crippen molar-refractivity contribution in [2.75, 3.05) is 26.9 Å².